The Labute approximate surface area is 101 Å². The predicted octanol–water partition coefficient (Wildman–Crippen LogP) is 2.82. The fraction of sp³-hybridized carbons (Fsp3) is 0. The van der Waals surface area contributed by atoms with E-state index in [9.17, 15) is 4.79 Å². The van der Waals surface area contributed by atoms with Crippen LogP contribution in [-0.4, -0.2) is 9.55 Å². The number of thiazole rings is 1. The quantitative estimate of drug-likeness (QED) is 0.803. The van der Waals surface area contributed by atoms with Gasteiger partial charge in [-0.25, -0.2) is 4.98 Å². The molecule has 0 atom stereocenters. The van der Waals surface area contributed by atoms with Crippen molar-refractivity contribution in [3.05, 3.63) is 43.1 Å². The van der Waals surface area contributed by atoms with Crippen LogP contribution in [0.2, 0.25) is 0 Å². The van der Waals surface area contributed by atoms with Gasteiger partial charge in [0.25, 0.3) is 5.56 Å². The number of aromatic nitrogens is 2. The van der Waals surface area contributed by atoms with Crippen molar-refractivity contribution in [2.45, 2.75) is 0 Å². The summed E-state index contributed by atoms with van der Waals surface area (Å²) in [6, 6.07) is 5.00. The van der Waals surface area contributed by atoms with Crippen molar-refractivity contribution < 1.29 is 0 Å². The summed E-state index contributed by atoms with van der Waals surface area (Å²) in [5.74, 6) is 0. The second kappa shape index (κ2) is 3.96. The second-order valence-corrected chi connectivity index (χ2v) is 5.52. The highest BCUT2D eigenvalue weighted by Crippen LogP contribution is 2.30. The Bertz CT molecular complexity index is 501. The predicted molar refractivity (Wildman–Crippen MR) is 63.1 cm³/mol. The summed E-state index contributed by atoms with van der Waals surface area (Å²) in [7, 11) is 0. The van der Waals surface area contributed by atoms with E-state index in [-0.39, 0.29) is 5.56 Å². The number of nitrogens with zero attached hydrogens (tertiary/aromatic N) is 2. The van der Waals surface area contributed by atoms with Crippen LogP contribution in [-0.2, 0) is 0 Å². The molecule has 72 valence electrons. The van der Waals surface area contributed by atoms with Crippen molar-refractivity contribution >= 4 is 43.2 Å². The van der Waals surface area contributed by atoms with E-state index in [0.717, 1.165) is 3.79 Å². The van der Waals surface area contributed by atoms with Gasteiger partial charge in [-0.1, -0.05) is 17.4 Å². The van der Waals surface area contributed by atoms with Crippen molar-refractivity contribution in [1.29, 1.82) is 0 Å². The highest BCUT2D eigenvalue weighted by Gasteiger charge is 2.08. The van der Waals surface area contributed by atoms with E-state index in [4.69, 9.17) is 0 Å². The molecule has 0 spiro atoms. The Morgan fingerprint density at radius 2 is 2.14 bits per heavy atom. The summed E-state index contributed by atoms with van der Waals surface area (Å²) in [4.78, 5) is 15.6. The lowest BCUT2D eigenvalue weighted by atomic mass is 10.5. The molecule has 0 aliphatic carbocycles. The highest BCUT2D eigenvalue weighted by molar-refractivity contribution is 9.13. The first-order valence-electron chi connectivity index (χ1n) is 3.68. The van der Waals surface area contributed by atoms with E-state index in [1.165, 1.54) is 22.0 Å². The highest BCUT2D eigenvalue weighted by atomic mass is 79.9. The van der Waals surface area contributed by atoms with Crippen molar-refractivity contribution in [2.75, 3.05) is 0 Å². The summed E-state index contributed by atoms with van der Waals surface area (Å²) < 4.78 is 3.09. The molecule has 0 saturated carbocycles. The van der Waals surface area contributed by atoms with Crippen LogP contribution in [0, 0.1) is 0 Å². The topological polar surface area (TPSA) is 34.9 Å². The molecule has 0 aromatic carbocycles. The molecule has 0 radical (unpaired) electrons. The number of hydrogen-bond donors (Lipinski definition) is 0. The molecule has 0 bridgehead atoms. The lowest BCUT2D eigenvalue weighted by molar-refractivity contribution is 0.968. The molecule has 3 nitrogen and oxygen atoms in total. The summed E-state index contributed by atoms with van der Waals surface area (Å²) in [6.45, 7) is 0. The molecule has 2 aromatic rings. The lowest BCUT2D eigenvalue weighted by Crippen LogP contribution is -2.15. The summed E-state index contributed by atoms with van der Waals surface area (Å²) in [5, 5.41) is 0.648. The minimum absolute atomic E-state index is 0.0822. The maximum atomic E-state index is 11.4. The molecule has 0 saturated heterocycles. The van der Waals surface area contributed by atoms with Crippen molar-refractivity contribution in [2.24, 2.45) is 0 Å². The van der Waals surface area contributed by atoms with E-state index in [2.05, 4.69) is 36.8 Å². The van der Waals surface area contributed by atoms with Crippen LogP contribution in [0.4, 0.5) is 0 Å². The van der Waals surface area contributed by atoms with Crippen molar-refractivity contribution in [1.82, 2.24) is 9.55 Å². The lowest BCUT2D eigenvalue weighted by Gasteiger charge is -1.97. The van der Waals surface area contributed by atoms with Gasteiger partial charge in [0.2, 0.25) is 0 Å². The third-order valence-electron chi connectivity index (χ3n) is 1.57. The number of pyridine rings is 1. The zero-order chi connectivity index (χ0) is 10.1. The van der Waals surface area contributed by atoms with E-state index in [1.54, 1.807) is 18.3 Å². The second-order valence-electron chi connectivity index (χ2n) is 2.47. The first-order chi connectivity index (χ1) is 6.68. The summed E-state index contributed by atoms with van der Waals surface area (Å²) in [6.07, 6.45) is 1.69. The van der Waals surface area contributed by atoms with Gasteiger partial charge in [-0.05, 0) is 37.9 Å². The van der Waals surface area contributed by atoms with E-state index >= 15 is 0 Å². The van der Waals surface area contributed by atoms with Gasteiger partial charge in [0, 0.05) is 12.3 Å². The Kier molecular flexibility index (Phi) is 2.85. The molecule has 14 heavy (non-hydrogen) atoms. The van der Waals surface area contributed by atoms with Crippen LogP contribution >= 0.6 is 43.2 Å². The maximum absolute atomic E-state index is 11.4. The molecule has 0 aliphatic rings. The third-order valence-corrected chi connectivity index (χ3v) is 4.64. The zero-order valence-electron chi connectivity index (χ0n) is 6.78. The Hall–Kier alpha value is -0.460. The van der Waals surface area contributed by atoms with Gasteiger partial charge >= 0.3 is 0 Å². The fourth-order valence-corrected chi connectivity index (χ4v) is 2.69. The van der Waals surface area contributed by atoms with E-state index < -0.39 is 0 Å². The Morgan fingerprint density at radius 3 is 2.71 bits per heavy atom. The molecular weight excluding hydrogens is 332 g/mol. The minimum atomic E-state index is -0.0822. The normalized spacial score (nSPS) is 10.4. The number of rotatable bonds is 1. The Balaban J connectivity index is 2.61. The monoisotopic (exact) mass is 334 g/mol. The maximum Gasteiger partial charge on any atom is 0.256 e. The SMILES string of the molecule is O=c1ccccn1-c1nc(Br)c(Br)s1. The smallest absolute Gasteiger partial charge is 0.256 e. The molecule has 0 aliphatic heterocycles. The van der Waals surface area contributed by atoms with Crippen molar-refractivity contribution in [3.63, 3.8) is 0 Å². The molecule has 0 N–H and O–H groups in total. The fourth-order valence-electron chi connectivity index (χ4n) is 0.961. The van der Waals surface area contributed by atoms with Gasteiger partial charge in [0.05, 0.1) is 0 Å². The molecule has 2 heterocycles. The third kappa shape index (κ3) is 1.82. The molecule has 2 aromatic heterocycles. The van der Waals surface area contributed by atoms with Gasteiger partial charge in [0.1, 0.15) is 8.39 Å². The van der Waals surface area contributed by atoms with Gasteiger partial charge in [-0.2, -0.15) is 0 Å². The summed E-state index contributed by atoms with van der Waals surface area (Å²) >= 11 is 8.01. The van der Waals surface area contributed by atoms with E-state index in [0.29, 0.717) is 9.73 Å². The first-order valence-corrected chi connectivity index (χ1v) is 6.08. The molecule has 0 unspecified atom stereocenters. The molecule has 0 fully saturated rings. The molecule has 2 rings (SSSR count). The minimum Gasteiger partial charge on any atom is -0.269 e. The number of hydrogen-bond acceptors (Lipinski definition) is 3. The largest absolute Gasteiger partial charge is 0.269 e. The van der Waals surface area contributed by atoms with Gasteiger partial charge < -0.3 is 0 Å². The van der Waals surface area contributed by atoms with Crippen LogP contribution in [0.15, 0.2) is 37.6 Å². The van der Waals surface area contributed by atoms with Gasteiger partial charge in [-0.3, -0.25) is 9.36 Å². The van der Waals surface area contributed by atoms with Crippen LogP contribution in [0.5, 0.6) is 0 Å². The van der Waals surface area contributed by atoms with Crippen LogP contribution < -0.4 is 5.56 Å². The number of halogens is 2. The Morgan fingerprint density at radius 1 is 1.36 bits per heavy atom. The van der Waals surface area contributed by atoms with E-state index in [1.807, 2.05) is 0 Å². The van der Waals surface area contributed by atoms with Crippen LogP contribution in [0.1, 0.15) is 0 Å². The molecule has 0 amide bonds. The molecule has 6 heteroatoms. The standard InChI is InChI=1S/C8H4Br2N2OS/c9-6-7(10)14-8(11-6)12-4-2-1-3-5(12)13/h1-4H. The van der Waals surface area contributed by atoms with Crippen molar-refractivity contribution in [3.8, 4) is 5.13 Å². The van der Waals surface area contributed by atoms with Crippen LogP contribution in [0.25, 0.3) is 5.13 Å². The summed E-state index contributed by atoms with van der Waals surface area (Å²) in [5.41, 5.74) is -0.0822. The van der Waals surface area contributed by atoms with Gasteiger partial charge in [-0.15, -0.1) is 0 Å². The van der Waals surface area contributed by atoms with Crippen LogP contribution in [0.3, 0.4) is 0 Å². The molecular formula is C8H4Br2N2OS. The zero-order valence-corrected chi connectivity index (χ0v) is 10.8. The van der Waals surface area contributed by atoms with Gasteiger partial charge in [0.15, 0.2) is 5.13 Å². The average Bonchev–Trinajstić information content (AvgIpc) is 2.48. The average molecular weight is 336 g/mol. The first kappa shape index (κ1) is 10.1.